The van der Waals surface area contributed by atoms with E-state index in [1.165, 1.54) is 19.2 Å². The maximum absolute atomic E-state index is 15.4. The summed E-state index contributed by atoms with van der Waals surface area (Å²) >= 11 is 0. The van der Waals surface area contributed by atoms with Crippen molar-refractivity contribution in [3.05, 3.63) is 35.3 Å². The van der Waals surface area contributed by atoms with E-state index in [0.717, 1.165) is 6.07 Å². The van der Waals surface area contributed by atoms with Crippen molar-refractivity contribution in [3.63, 3.8) is 0 Å². The molecule has 4 nitrogen and oxygen atoms in total. The molecule has 0 aromatic heterocycles. The number of para-hydroxylation sites is 1. The Labute approximate surface area is 167 Å². The molecular weight excluding hydrogens is 398 g/mol. The first-order valence-electron chi connectivity index (χ1n) is 9.00. The lowest BCUT2D eigenvalue weighted by Crippen LogP contribution is -2.41. The minimum Gasteiger partial charge on any atom is -0.493 e. The standard InChI is InChI=1S/C19H24BF5O4/c1-17(2)18(3,4)29-20(28-17)16(22)13(9-10-27-11-19(23,24)25)12-7-6-8-14(21)15(12)26-5/h6-8H,9-11H2,1-5H3. The number of ether oxygens (including phenoxy) is 2. The van der Waals surface area contributed by atoms with Gasteiger partial charge in [0, 0.05) is 5.56 Å². The molecule has 162 valence electrons. The van der Waals surface area contributed by atoms with E-state index < -0.39 is 49.3 Å². The van der Waals surface area contributed by atoms with E-state index in [1.54, 1.807) is 27.7 Å². The molecule has 0 radical (unpaired) electrons. The van der Waals surface area contributed by atoms with Gasteiger partial charge < -0.3 is 18.8 Å². The summed E-state index contributed by atoms with van der Waals surface area (Å²) in [5.74, 6) is -0.967. The van der Waals surface area contributed by atoms with Gasteiger partial charge >= 0.3 is 13.3 Å². The predicted octanol–water partition coefficient (Wildman–Crippen LogP) is 5.12. The second-order valence-corrected chi connectivity index (χ2v) is 7.65. The monoisotopic (exact) mass is 422 g/mol. The van der Waals surface area contributed by atoms with Crippen LogP contribution in [0.25, 0.3) is 5.57 Å². The molecule has 0 atom stereocenters. The average Bonchev–Trinajstić information content (AvgIpc) is 2.81. The third-order valence-corrected chi connectivity index (χ3v) is 5.01. The fraction of sp³-hybridized carbons (Fsp3) is 0.579. The topological polar surface area (TPSA) is 36.9 Å². The summed E-state index contributed by atoms with van der Waals surface area (Å²) in [6.07, 6.45) is -4.78. The first-order chi connectivity index (χ1) is 13.3. The minimum atomic E-state index is -4.51. The zero-order valence-corrected chi connectivity index (χ0v) is 17.0. The SMILES string of the molecule is COc1c(F)cccc1C(CCOCC(F)(F)F)=C(F)B1OC(C)(C)C(C)(C)O1. The zero-order valence-electron chi connectivity index (χ0n) is 17.0. The molecule has 0 aliphatic carbocycles. The Hall–Kier alpha value is -1.65. The summed E-state index contributed by atoms with van der Waals surface area (Å²) in [6, 6.07) is 3.89. The number of hydrogen-bond acceptors (Lipinski definition) is 4. The van der Waals surface area contributed by atoms with Gasteiger partial charge in [0.15, 0.2) is 11.6 Å². The van der Waals surface area contributed by atoms with E-state index in [1.807, 2.05) is 0 Å². The summed E-state index contributed by atoms with van der Waals surface area (Å²) in [4.78, 5) is 0. The van der Waals surface area contributed by atoms with Crippen molar-refractivity contribution in [2.75, 3.05) is 20.3 Å². The lowest BCUT2D eigenvalue weighted by molar-refractivity contribution is -0.173. The van der Waals surface area contributed by atoms with Crippen LogP contribution in [0, 0.1) is 5.82 Å². The molecule has 0 N–H and O–H groups in total. The average molecular weight is 422 g/mol. The van der Waals surface area contributed by atoms with Crippen LogP contribution in [-0.4, -0.2) is 44.8 Å². The number of benzene rings is 1. The fourth-order valence-corrected chi connectivity index (χ4v) is 2.79. The van der Waals surface area contributed by atoms with Crippen molar-refractivity contribution in [2.24, 2.45) is 0 Å². The van der Waals surface area contributed by atoms with Crippen molar-refractivity contribution in [1.29, 1.82) is 0 Å². The molecule has 1 heterocycles. The van der Waals surface area contributed by atoms with Gasteiger partial charge in [-0.05, 0) is 45.8 Å². The minimum absolute atomic E-state index is 0.0512. The highest BCUT2D eigenvalue weighted by Crippen LogP contribution is 2.42. The predicted molar refractivity (Wildman–Crippen MR) is 98.6 cm³/mol. The summed E-state index contributed by atoms with van der Waals surface area (Å²) < 4.78 is 87.5. The summed E-state index contributed by atoms with van der Waals surface area (Å²) in [5.41, 5.74) is -2.60. The Balaban J connectivity index is 2.39. The van der Waals surface area contributed by atoms with Crippen molar-refractivity contribution < 1.29 is 40.7 Å². The Morgan fingerprint density at radius 3 is 2.21 bits per heavy atom. The molecule has 1 saturated heterocycles. The third-order valence-electron chi connectivity index (χ3n) is 5.01. The van der Waals surface area contributed by atoms with Gasteiger partial charge in [-0.2, -0.15) is 13.2 Å². The van der Waals surface area contributed by atoms with Crippen molar-refractivity contribution in [2.45, 2.75) is 51.5 Å². The van der Waals surface area contributed by atoms with Crippen molar-refractivity contribution >= 4 is 12.7 Å². The summed E-state index contributed by atoms with van der Waals surface area (Å²) in [6.45, 7) is 5.01. The smallest absolute Gasteiger partial charge is 0.493 e. The first kappa shape index (κ1) is 23.6. The van der Waals surface area contributed by atoms with Crippen LogP contribution in [0.5, 0.6) is 5.75 Å². The normalized spacial score (nSPS) is 19.3. The van der Waals surface area contributed by atoms with Gasteiger partial charge in [-0.3, -0.25) is 0 Å². The number of rotatable bonds is 7. The fourth-order valence-electron chi connectivity index (χ4n) is 2.79. The molecule has 10 heteroatoms. The van der Waals surface area contributed by atoms with Crippen LogP contribution in [0.4, 0.5) is 22.0 Å². The molecule has 2 rings (SSSR count). The van der Waals surface area contributed by atoms with Crippen molar-refractivity contribution in [3.8, 4) is 5.75 Å². The van der Waals surface area contributed by atoms with Crippen LogP contribution in [0.2, 0.25) is 0 Å². The number of methoxy groups -OCH3 is 1. The number of hydrogen-bond donors (Lipinski definition) is 0. The molecular formula is C19H24BF5O4. The second-order valence-electron chi connectivity index (χ2n) is 7.65. The van der Waals surface area contributed by atoms with Gasteiger partial charge in [-0.1, -0.05) is 12.1 Å². The summed E-state index contributed by atoms with van der Waals surface area (Å²) in [5, 5.41) is 0. The lowest BCUT2D eigenvalue weighted by Gasteiger charge is -2.32. The van der Waals surface area contributed by atoms with Crippen molar-refractivity contribution in [1.82, 2.24) is 0 Å². The lowest BCUT2D eigenvalue weighted by atomic mass is 9.81. The van der Waals surface area contributed by atoms with E-state index in [9.17, 15) is 17.6 Å². The van der Waals surface area contributed by atoms with Crippen LogP contribution in [0.15, 0.2) is 23.9 Å². The molecule has 0 amide bonds. The van der Waals surface area contributed by atoms with E-state index in [-0.39, 0.29) is 23.3 Å². The Morgan fingerprint density at radius 1 is 1.10 bits per heavy atom. The van der Waals surface area contributed by atoms with E-state index >= 15 is 4.39 Å². The van der Waals surface area contributed by atoms with E-state index in [0.29, 0.717) is 0 Å². The second kappa shape index (κ2) is 8.61. The maximum atomic E-state index is 15.4. The molecule has 0 spiro atoms. The highest BCUT2D eigenvalue weighted by Gasteiger charge is 2.53. The molecule has 1 fully saturated rings. The first-order valence-corrected chi connectivity index (χ1v) is 9.00. The van der Waals surface area contributed by atoms with Gasteiger partial charge in [-0.25, -0.2) is 8.78 Å². The molecule has 0 saturated carbocycles. The van der Waals surface area contributed by atoms with Gasteiger partial charge in [0.1, 0.15) is 12.3 Å². The van der Waals surface area contributed by atoms with Crippen LogP contribution in [0.3, 0.4) is 0 Å². The number of halogens is 5. The quantitative estimate of drug-likeness (QED) is 0.348. The van der Waals surface area contributed by atoms with Gasteiger partial charge in [0.05, 0.1) is 24.9 Å². The molecule has 0 unspecified atom stereocenters. The molecule has 1 aromatic carbocycles. The van der Waals surface area contributed by atoms with Crippen LogP contribution in [0.1, 0.15) is 39.7 Å². The van der Waals surface area contributed by atoms with Gasteiger partial charge in [0.2, 0.25) is 0 Å². The Bertz CT molecular complexity index is 745. The Kier molecular flexibility index (Phi) is 7.02. The number of alkyl halides is 3. The zero-order chi connectivity index (χ0) is 22.0. The maximum Gasteiger partial charge on any atom is 0.525 e. The molecule has 0 bridgehead atoms. The summed E-state index contributed by atoms with van der Waals surface area (Å²) in [7, 11) is -0.183. The molecule has 1 aliphatic rings. The van der Waals surface area contributed by atoms with E-state index in [2.05, 4.69) is 4.74 Å². The largest absolute Gasteiger partial charge is 0.525 e. The molecule has 1 aliphatic heterocycles. The van der Waals surface area contributed by atoms with Gasteiger partial charge in [0.25, 0.3) is 0 Å². The van der Waals surface area contributed by atoms with Crippen LogP contribution < -0.4 is 4.74 Å². The van der Waals surface area contributed by atoms with Crippen LogP contribution >= 0.6 is 0 Å². The van der Waals surface area contributed by atoms with Gasteiger partial charge in [-0.15, -0.1) is 0 Å². The molecule has 1 aromatic rings. The van der Waals surface area contributed by atoms with E-state index in [4.69, 9.17) is 14.0 Å². The highest BCUT2D eigenvalue weighted by atomic mass is 19.4. The highest BCUT2D eigenvalue weighted by molar-refractivity contribution is 6.55. The Morgan fingerprint density at radius 2 is 1.69 bits per heavy atom. The molecule has 29 heavy (non-hydrogen) atoms. The van der Waals surface area contributed by atoms with Crippen LogP contribution in [-0.2, 0) is 14.0 Å². The third kappa shape index (κ3) is 5.49.